The monoisotopic (exact) mass is 199 g/mol. The van der Waals surface area contributed by atoms with Crippen LogP contribution in [-0.2, 0) is 0 Å². The predicted molar refractivity (Wildman–Crippen MR) is 65.4 cm³/mol. The van der Waals surface area contributed by atoms with Crippen LogP contribution < -0.4 is 5.73 Å². The van der Waals surface area contributed by atoms with Crippen molar-refractivity contribution in [2.24, 2.45) is 17.6 Å². The van der Waals surface area contributed by atoms with E-state index in [4.69, 9.17) is 5.73 Å². The first kappa shape index (κ1) is 14.0. The highest BCUT2D eigenvalue weighted by Crippen LogP contribution is 2.24. The van der Waals surface area contributed by atoms with Crippen LogP contribution in [0.5, 0.6) is 0 Å². The zero-order valence-electron chi connectivity index (χ0n) is 10.6. The molecule has 0 amide bonds. The Morgan fingerprint density at radius 1 is 1.07 bits per heavy atom. The summed E-state index contributed by atoms with van der Waals surface area (Å²) in [5.74, 6) is 1.64. The molecule has 0 aromatic heterocycles. The maximum atomic E-state index is 5.98. The summed E-state index contributed by atoms with van der Waals surface area (Å²) in [6, 6.07) is 0.371. The Bertz CT molecular complexity index is 120. The van der Waals surface area contributed by atoms with Crippen molar-refractivity contribution in [2.75, 3.05) is 0 Å². The minimum absolute atomic E-state index is 0.371. The molecule has 0 fully saturated rings. The molecule has 3 atom stereocenters. The van der Waals surface area contributed by atoms with E-state index in [1.54, 1.807) is 0 Å². The molecule has 0 aliphatic carbocycles. The van der Waals surface area contributed by atoms with Gasteiger partial charge in [0, 0.05) is 6.04 Å². The molecule has 0 aliphatic heterocycles. The number of unbranched alkanes of at least 4 members (excludes halogenated alkanes) is 1. The Labute approximate surface area is 90.5 Å². The summed E-state index contributed by atoms with van der Waals surface area (Å²) in [5.41, 5.74) is 5.98. The third-order valence-corrected chi connectivity index (χ3v) is 3.45. The maximum Gasteiger partial charge on any atom is 0.00387 e. The lowest BCUT2D eigenvalue weighted by atomic mass is 9.84. The van der Waals surface area contributed by atoms with Crippen LogP contribution in [0, 0.1) is 11.8 Å². The largest absolute Gasteiger partial charge is 0.328 e. The molecule has 0 aliphatic rings. The average molecular weight is 199 g/mol. The van der Waals surface area contributed by atoms with Crippen LogP contribution in [0.1, 0.15) is 66.2 Å². The van der Waals surface area contributed by atoms with Gasteiger partial charge in [-0.3, -0.25) is 0 Å². The minimum atomic E-state index is 0.371. The maximum absolute atomic E-state index is 5.98. The SMILES string of the molecule is CCCCC(CC)CC(CC)C(C)N. The molecule has 1 heteroatoms. The lowest BCUT2D eigenvalue weighted by Crippen LogP contribution is -2.27. The van der Waals surface area contributed by atoms with Gasteiger partial charge >= 0.3 is 0 Å². The van der Waals surface area contributed by atoms with Crippen LogP contribution in [-0.4, -0.2) is 6.04 Å². The van der Waals surface area contributed by atoms with Crippen molar-refractivity contribution in [3.05, 3.63) is 0 Å². The van der Waals surface area contributed by atoms with E-state index in [9.17, 15) is 0 Å². The number of hydrogen-bond donors (Lipinski definition) is 1. The van der Waals surface area contributed by atoms with Crippen molar-refractivity contribution >= 4 is 0 Å². The highest BCUT2D eigenvalue weighted by Gasteiger charge is 2.16. The minimum Gasteiger partial charge on any atom is -0.328 e. The zero-order chi connectivity index (χ0) is 11.0. The van der Waals surface area contributed by atoms with Gasteiger partial charge in [0.15, 0.2) is 0 Å². The van der Waals surface area contributed by atoms with E-state index in [2.05, 4.69) is 27.7 Å². The standard InChI is InChI=1S/C13H29N/c1-5-8-9-12(6-2)10-13(7-3)11(4)14/h11-13H,5-10,14H2,1-4H3. The van der Waals surface area contributed by atoms with Gasteiger partial charge in [-0.25, -0.2) is 0 Å². The van der Waals surface area contributed by atoms with Gasteiger partial charge in [0.2, 0.25) is 0 Å². The fourth-order valence-corrected chi connectivity index (χ4v) is 2.16. The van der Waals surface area contributed by atoms with Gasteiger partial charge in [-0.2, -0.15) is 0 Å². The lowest BCUT2D eigenvalue weighted by molar-refractivity contribution is 0.300. The average Bonchev–Trinajstić information content (AvgIpc) is 2.18. The molecular weight excluding hydrogens is 170 g/mol. The Balaban J connectivity index is 3.87. The summed E-state index contributed by atoms with van der Waals surface area (Å²) in [7, 11) is 0. The fraction of sp³-hybridized carbons (Fsp3) is 1.00. The Hall–Kier alpha value is -0.0400. The highest BCUT2D eigenvalue weighted by molar-refractivity contribution is 4.71. The van der Waals surface area contributed by atoms with E-state index < -0.39 is 0 Å². The summed E-state index contributed by atoms with van der Waals surface area (Å²) in [6.45, 7) is 9.01. The van der Waals surface area contributed by atoms with Crippen molar-refractivity contribution in [3.63, 3.8) is 0 Å². The zero-order valence-corrected chi connectivity index (χ0v) is 10.6. The quantitative estimate of drug-likeness (QED) is 0.629. The second-order valence-corrected chi connectivity index (χ2v) is 4.68. The Kier molecular flexibility index (Phi) is 8.26. The van der Waals surface area contributed by atoms with Gasteiger partial charge in [-0.15, -0.1) is 0 Å². The summed E-state index contributed by atoms with van der Waals surface area (Å²) in [5, 5.41) is 0. The van der Waals surface area contributed by atoms with Crippen molar-refractivity contribution in [1.29, 1.82) is 0 Å². The molecule has 0 saturated heterocycles. The van der Waals surface area contributed by atoms with E-state index in [1.165, 1.54) is 38.5 Å². The Morgan fingerprint density at radius 2 is 1.71 bits per heavy atom. The lowest BCUT2D eigenvalue weighted by Gasteiger charge is -2.24. The molecule has 0 bridgehead atoms. The first-order chi connectivity index (χ1) is 6.65. The molecule has 0 rings (SSSR count). The number of nitrogens with two attached hydrogens (primary N) is 1. The van der Waals surface area contributed by atoms with Crippen LogP contribution in [0.4, 0.5) is 0 Å². The summed E-state index contributed by atoms with van der Waals surface area (Å²) >= 11 is 0. The van der Waals surface area contributed by atoms with Crippen molar-refractivity contribution in [1.82, 2.24) is 0 Å². The second kappa shape index (κ2) is 8.28. The molecule has 86 valence electrons. The highest BCUT2D eigenvalue weighted by atomic mass is 14.6. The fourth-order valence-electron chi connectivity index (χ4n) is 2.16. The number of rotatable bonds is 8. The molecule has 2 N–H and O–H groups in total. The molecule has 14 heavy (non-hydrogen) atoms. The van der Waals surface area contributed by atoms with Crippen molar-refractivity contribution in [3.8, 4) is 0 Å². The van der Waals surface area contributed by atoms with E-state index in [-0.39, 0.29) is 0 Å². The third-order valence-electron chi connectivity index (χ3n) is 3.45. The topological polar surface area (TPSA) is 26.0 Å². The summed E-state index contributed by atoms with van der Waals surface area (Å²) in [4.78, 5) is 0. The molecular formula is C13H29N. The normalized spacial score (nSPS) is 17.8. The first-order valence-electron chi connectivity index (χ1n) is 6.41. The molecule has 0 heterocycles. The van der Waals surface area contributed by atoms with Gasteiger partial charge in [-0.1, -0.05) is 52.9 Å². The summed E-state index contributed by atoms with van der Waals surface area (Å²) < 4.78 is 0. The van der Waals surface area contributed by atoms with E-state index in [0.29, 0.717) is 6.04 Å². The molecule has 0 aromatic rings. The van der Waals surface area contributed by atoms with Crippen LogP contribution in [0.15, 0.2) is 0 Å². The van der Waals surface area contributed by atoms with E-state index in [1.807, 2.05) is 0 Å². The van der Waals surface area contributed by atoms with Gasteiger partial charge in [0.25, 0.3) is 0 Å². The molecule has 0 spiro atoms. The Morgan fingerprint density at radius 3 is 2.07 bits per heavy atom. The van der Waals surface area contributed by atoms with Crippen LogP contribution in [0.25, 0.3) is 0 Å². The van der Waals surface area contributed by atoms with Crippen LogP contribution in [0.3, 0.4) is 0 Å². The van der Waals surface area contributed by atoms with Crippen molar-refractivity contribution in [2.45, 2.75) is 72.3 Å². The first-order valence-corrected chi connectivity index (χ1v) is 6.41. The molecule has 0 radical (unpaired) electrons. The second-order valence-electron chi connectivity index (χ2n) is 4.68. The predicted octanol–water partition coefficient (Wildman–Crippen LogP) is 3.97. The van der Waals surface area contributed by atoms with E-state index in [0.717, 1.165) is 11.8 Å². The third kappa shape index (κ3) is 5.64. The van der Waals surface area contributed by atoms with E-state index >= 15 is 0 Å². The van der Waals surface area contributed by atoms with Gasteiger partial charge in [-0.05, 0) is 25.2 Å². The van der Waals surface area contributed by atoms with Gasteiger partial charge in [0.1, 0.15) is 0 Å². The molecule has 1 nitrogen and oxygen atoms in total. The molecule has 3 unspecified atom stereocenters. The molecule has 0 aromatic carbocycles. The summed E-state index contributed by atoms with van der Waals surface area (Å²) in [6.07, 6.45) is 8.00. The van der Waals surface area contributed by atoms with Crippen LogP contribution >= 0.6 is 0 Å². The van der Waals surface area contributed by atoms with Gasteiger partial charge in [0.05, 0.1) is 0 Å². The molecule has 0 saturated carbocycles. The smallest absolute Gasteiger partial charge is 0.00387 e. The van der Waals surface area contributed by atoms with Crippen molar-refractivity contribution < 1.29 is 0 Å². The number of hydrogen-bond acceptors (Lipinski definition) is 1. The van der Waals surface area contributed by atoms with Gasteiger partial charge < -0.3 is 5.73 Å². The van der Waals surface area contributed by atoms with Crippen LogP contribution in [0.2, 0.25) is 0 Å².